The van der Waals surface area contributed by atoms with Crippen LogP contribution in [0.1, 0.15) is 29.6 Å². The molecule has 0 bridgehead atoms. The number of rotatable bonds is 5. The molecule has 2 heterocycles. The molecule has 0 fully saturated rings. The van der Waals surface area contributed by atoms with Crippen molar-refractivity contribution in [2.24, 2.45) is 0 Å². The highest BCUT2D eigenvalue weighted by molar-refractivity contribution is 6.33. The third-order valence-electron chi connectivity index (χ3n) is 2.39. The van der Waals surface area contributed by atoms with E-state index < -0.39 is 5.91 Å². The van der Waals surface area contributed by atoms with Gasteiger partial charge in [-0.3, -0.25) is 10.1 Å². The zero-order valence-corrected chi connectivity index (χ0v) is 11.9. The molecule has 7 nitrogen and oxygen atoms in total. The Hall–Kier alpha value is -2.15. The summed E-state index contributed by atoms with van der Waals surface area (Å²) in [5.41, 5.74) is 0.313. The number of hydrogen-bond donors (Lipinski definition) is 2. The van der Waals surface area contributed by atoms with Crippen molar-refractivity contribution in [2.45, 2.75) is 20.3 Å². The van der Waals surface area contributed by atoms with Crippen LogP contribution in [0.15, 0.2) is 16.7 Å². The predicted molar refractivity (Wildman–Crippen MR) is 75.0 cm³/mol. The Labute approximate surface area is 120 Å². The van der Waals surface area contributed by atoms with Crippen LogP contribution in [0.3, 0.4) is 0 Å². The van der Waals surface area contributed by atoms with E-state index in [9.17, 15) is 4.79 Å². The van der Waals surface area contributed by atoms with Crippen LogP contribution < -0.4 is 10.6 Å². The summed E-state index contributed by atoms with van der Waals surface area (Å²) in [6.45, 7) is 4.43. The highest BCUT2D eigenvalue weighted by Gasteiger charge is 2.12. The van der Waals surface area contributed by atoms with Gasteiger partial charge in [-0.05, 0) is 12.5 Å². The van der Waals surface area contributed by atoms with Gasteiger partial charge in [-0.2, -0.15) is 0 Å². The molecule has 2 aromatic heterocycles. The van der Waals surface area contributed by atoms with Crippen molar-refractivity contribution >= 4 is 29.3 Å². The minimum absolute atomic E-state index is 0.0387. The van der Waals surface area contributed by atoms with Crippen LogP contribution in [0, 0.1) is 6.92 Å². The Morgan fingerprint density at radius 3 is 2.85 bits per heavy atom. The van der Waals surface area contributed by atoms with Crippen LogP contribution in [-0.2, 0) is 0 Å². The quantitative estimate of drug-likeness (QED) is 0.880. The summed E-state index contributed by atoms with van der Waals surface area (Å²) in [6, 6.07) is 1.57. The van der Waals surface area contributed by atoms with E-state index in [2.05, 4.69) is 25.8 Å². The van der Waals surface area contributed by atoms with E-state index in [1.807, 2.05) is 6.92 Å². The fraction of sp³-hybridized carbons (Fsp3) is 0.333. The fourth-order valence-electron chi connectivity index (χ4n) is 1.45. The number of pyridine rings is 1. The Morgan fingerprint density at radius 1 is 1.45 bits per heavy atom. The summed E-state index contributed by atoms with van der Waals surface area (Å²) in [5, 5.41) is 13.2. The van der Waals surface area contributed by atoms with Gasteiger partial charge in [0.2, 0.25) is 5.89 Å². The minimum Gasteiger partial charge on any atom is -0.408 e. The number of halogens is 1. The van der Waals surface area contributed by atoms with Gasteiger partial charge in [0.1, 0.15) is 5.82 Å². The second-order valence-corrected chi connectivity index (χ2v) is 4.47. The van der Waals surface area contributed by atoms with Crippen LogP contribution in [-0.4, -0.2) is 27.6 Å². The van der Waals surface area contributed by atoms with E-state index in [4.69, 9.17) is 16.0 Å². The van der Waals surface area contributed by atoms with Crippen molar-refractivity contribution in [2.75, 3.05) is 17.2 Å². The molecule has 0 aliphatic rings. The molecule has 0 aliphatic heterocycles. The Balaban J connectivity index is 2.08. The number of nitrogens with zero attached hydrogens (tertiary/aromatic N) is 3. The van der Waals surface area contributed by atoms with E-state index in [1.165, 1.54) is 12.3 Å². The molecule has 2 aromatic rings. The molecular formula is C12H14ClN5O2. The average molecular weight is 296 g/mol. The first kappa shape index (κ1) is 14.3. The first-order valence-electron chi connectivity index (χ1n) is 6.11. The molecule has 2 rings (SSSR count). The van der Waals surface area contributed by atoms with Gasteiger partial charge < -0.3 is 9.73 Å². The van der Waals surface area contributed by atoms with Gasteiger partial charge in [0.15, 0.2) is 0 Å². The van der Waals surface area contributed by atoms with E-state index in [-0.39, 0.29) is 6.01 Å². The predicted octanol–water partition coefficient (Wildman–Crippen LogP) is 2.50. The molecule has 106 valence electrons. The third kappa shape index (κ3) is 3.45. The van der Waals surface area contributed by atoms with Gasteiger partial charge in [-0.1, -0.05) is 23.6 Å². The summed E-state index contributed by atoms with van der Waals surface area (Å²) in [6.07, 6.45) is 2.39. The molecule has 0 aliphatic carbocycles. The van der Waals surface area contributed by atoms with Gasteiger partial charge in [0.25, 0.3) is 5.91 Å². The number of amides is 1. The molecule has 0 saturated heterocycles. The van der Waals surface area contributed by atoms with Gasteiger partial charge in [-0.15, -0.1) is 5.10 Å². The van der Waals surface area contributed by atoms with E-state index >= 15 is 0 Å². The number of anilines is 2. The first-order chi connectivity index (χ1) is 9.60. The van der Waals surface area contributed by atoms with Gasteiger partial charge in [-0.25, -0.2) is 4.98 Å². The summed E-state index contributed by atoms with van der Waals surface area (Å²) in [5.74, 6) is 0.513. The lowest BCUT2D eigenvalue weighted by Crippen LogP contribution is -2.13. The molecule has 0 saturated carbocycles. The molecule has 0 aromatic carbocycles. The second kappa shape index (κ2) is 6.33. The molecule has 0 atom stereocenters. The monoisotopic (exact) mass is 295 g/mol. The van der Waals surface area contributed by atoms with Crippen molar-refractivity contribution in [3.05, 3.63) is 28.7 Å². The highest BCUT2D eigenvalue weighted by atomic mass is 35.5. The average Bonchev–Trinajstić information content (AvgIpc) is 2.82. The molecule has 20 heavy (non-hydrogen) atoms. The summed E-state index contributed by atoms with van der Waals surface area (Å²) in [7, 11) is 0. The molecule has 0 spiro atoms. The number of nitrogens with one attached hydrogen (secondary N) is 2. The van der Waals surface area contributed by atoms with Crippen LogP contribution in [0.25, 0.3) is 0 Å². The van der Waals surface area contributed by atoms with Crippen molar-refractivity contribution in [3.8, 4) is 0 Å². The Morgan fingerprint density at radius 2 is 2.25 bits per heavy atom. The van der Waals surface area contributed by atoms with Crippen molar-refractivity contribution in [1.29, 1.82) is 0 Å². The number of carbonyl (C=O) groups is 1. The maximum Gasteiger partial charge on any atom is 0.322 e. The minimum atomic E-state index is -0.412. The number of hydrogen-bond acceptors (Lipinski definition) is 6. The van der Waals surface area contributed by atoms with Crippen LogP contribution in [0.2, 0.25) is 5.02 Å². The van der Waals surface area contributed by atoms with E-state index in [0.29, 0.717) is 22.3 Å². The van der Waals surface area contributed by atoms with Crippen LogP contribution in [0.4, 0.5) is 11.8 Å². The first-order valence-corrected chi connectivity index (χ1v) is 6.49. The molecule has 1 amide bonds. The SMILES string of the molecule is CCCNc1ncc(C(=O)Nc2nnc(C)o2)cc1Cl. The fourth-order valence-corrected chi connectivity index (χ4v) is 1.69. The van der Waals surface area contributed by atoms with Gasteiger partial charge >= 0.3 is 6.01 Å². The third-order valence-corrected chi connectivity index (χ3v) is 2.68. The number of carbonyl (C=O) groups excluding carboxylic acids is 1. The summed E-state index contributed by atoms with van der Waals surface area (Å²) in [4.78, 5) is 16.1. The molecule has 0 unspecified atom stereocenters. The molecule has 8 heteroatoms. The standard InChI is InChI=1S/C12H14ClN5O2/c1-3-4-14-10-9(13)5-8(6-15-10)11(19)16-12-18-17-7(2)20-12/h5-6H,3-4H2,1-2H3,(H,14,15)(H,16,18,19). The smallest absolute Gasteiger partial charge is 0.322 e. The lowest BCUT2D eigenvalue weighted by Gasteiger charge is -2.07. The number of aromatic nitrogens is 3. The topological polar surface area (TPSA) is 92.9 Å². The lowest BCUT2D eigenvalue weighted by molar-refractivity contribution is 0.102. The van der Waals surface area contributed by atoms with E-state index in [1.54, 1.807) is 6.92 Å². The lowest BCUT2D eigenvalue weighted by atomic mass is 10.2. The van der Waals surface area contributed by atoms with Crippen molar-refractivity contribution in [3.63, 3.8) is 0 Å². The summed E-state index contributed by atoms with van der Waals surface area (Å²) < 4.78 is 5.06. The molecular weight excluding hydrogens is 282 g/mol. The van der Waals surface area contributed by atoms with E-state index in [0.717, 1.165) is 13.0 Å². The van der Waals surface area contributed by atoms with Crippen LogP contribution >= 0.6 is 11.6 Å². The zero-order valence-electron chi connectivity index (χ0n) is 11.1. The summed E-state index contributed by atoms with van der Waals surface area (Å²) >= 11 is 6.06. The Bertz CT molecular complexity index is 614. The Kier molecular flexibility index (Phi) is 4.52. The maximum absolute atomic E-state index is 11.9. The maximum atomic E-state index is 11.9. The van der Waals surface area contributed by atoms with Crippen LogP contribution in [0.5, 0.6) is 0 Å². The van der Waals surface area contributed by atoms with Gasteiger partial charge in [0.05, 0.1) is 10.6 Å². The normalized spacial score (nSPS) is 10.3. The van der Waals surface area contributed by atoms with Gasteiger partial charge in [0, 0.05) is 19.7 Å². The molecule has 0 radical (unpaired) electrons. The van der Waals surface area contributed by atoms with Crippen molar-refractivity contribution in [1.82, 2.24) is 15.2 Å². The second-order valence-electron chi connectivity index (χ2n) is 4.06. The highest BCUT2D eigenvalue weighted by Crippen LogP contribution is 2.20. The zero-order chi connectivity index (χ0) is 14.5. The molecule has 2 N–H and O–H groups in total. The number of aryl methyl sites for hydroxylation is 1. The largest absolute Gasteiger partial charge is 0.408 e. The van der Waals surface area contributed by atoms with Crippen molar-refractivity contribution < 1.29 is 9.21 Å².